The van der Waals surface area contributed by atoms with Gasteiger partial charge in [-0.2, -0.15) is 8.42 Å². The Morgan fingerprint density at radius 3 is 1.87 bits per heavy atom. The van der Waals surface area contributed by atoms with E-state index in [-0.39, 0.29) is 0 Å². The summed E-state index contributed by atoms with van der Waals surface area (Å²) in [6.07, 6.45) is 2.75. The number of benzene rings is 1. The highest BCUT2D eigenvalue weighted by Crippen LogP contribution is 2.23. The molecule has 5 nitrogen and oxygen atoms in total. The average Bonchev–Trinajstić information content (AvgIpc) is 2.93. The summed E-state index contributed by atoms with van der Waals surface area (Å²) in [5, 5.41) is 3.32. The lowest BCUT2D eigenvalue weighted by molar-refractivity contribution is 0.245. The van der Waals surface area contributed by atoms with Crippen LogP contribution in [0.2, 0.25) is 0 Å². The number of nitrogens with one attached hydrogen (secondary N) is 1. The van der Waals surface area contributed by atoms with E-state index in [4.69, 9.17) is 4.55 Å². The van der Waals surface area contributed by atoms with Crippen molar-refractivity contribution in [1.29, 1.82) is 0 Å². The molecule has 0 radical (unpaired) electrons. The first kappa shape index (κ1) is 19.7. The third kappa shape index (κ3) is 5.68. The molecule has 132 valence electrons. The van der Waals surface area contributed by atoms with Crippen LogP contribution in [0.25, 0.3) is 0 Å². The molecule has 1 aromatic carbocycles. The van der Waals surface area contributed by atoms with Crippen molar-refractivity contribution in [1.82, 2.24) is 5.32 Å². The summed E-state index contributed by atoms with van der Waals surface area (Å²) in [6, 6.07) is 0.796. The van der Waals surface area contributed by atoms with Crippen LogP contribution in [0.1, 0.15) is 25.3 Å². The molecule has 1 fully saturated rings. The van der Waals surface area contributed by atoms with E-state index in [0.29, 0.717) is 0 Å². The molecule has 11 heteroatoms. The molecule has 0 aliphatic carbocycles. The van der Waals surface area contributed by atoms with Crippen molar-refractivity contribution in [3.63, 3.8) is 0 Å². The van der Waals surface area contributed by atoms with Gasteiger partial charge in [-0.05, 0) is 26.3 Å². The Kier molecular flexibility index (Phi) is 6.86. The maximum Gasteiger partial charge on any atom is 0.397 e. The minimum atomic E-state index is -5.06. The van der Waals surface area contributed by atoms with Crippen molar-refractivity contribution >= 4 is 10.4 Å². The molecule has 0 bridgehead atoms. The average molecular weight is 363 g/mol. The lowest BCUT2D eigenvalue weighted by atomic mass is 10.2. The minimum absolute atomic E-state index is 0.796. The molecule has 2 N–H and O–H groups in total. The molecule has 1 aromatic rings. The van der Waals surface area contributed by atoms with Gasteiger partial charge in [-0.1, -0.05) is 0 Å². The first-order valence-electron chi connectivity index (χ1n) is 6.40. The molecule has 1 aliphatic heterocycles. The first-order chi connectivity index (χ1) is 10.5. The Balaban J connectivity index is 0.000000366. The predicted molar refractivity (Wildman–Crippen MR) is 69.3 cm³/mol. The van der Waals surface area contributed by atoms with E-state index in [1.165, 1.54) is 19.4 Å². The van der Waals surface area contributed by atoms with E-state index >= 15 is 0 Å². The van der Waals surface area contributed by atoms with Crippen LogP contribution in [0.3, 0.4) is 0 Å². The van der Waals surface area contributed by atoms with Crippen LogP contribution in [0, 0.1) is 29.1 Å². The molecule has 1 unspecified atom stereocenters. The summed E-state index contributed by atoms with van der Waals surface area (Å²) in [6.45, 7) is 1.94. The fourth-order valence-corrected chi connectivity index (χ4v) is 2.04. The van der Waals surface area contributed by atoms with E-state index in [2.05, 4.69) is 16.4 Å². The Hall–Kier alpha value is -1.30. The summed E-state index contributed by atoms with van der Waals surface area (Å²) in [7, 11) is -5.06. The summed E-state index contributed by atoms with van der Waals surface area (Å²) in [4.78, 5) is 0. The van der Waals surface area contributed by atoms with Gasteiger partial charge in [0.05, 0.1) is 12.2 Å². The van der Waals surface area contributed by atoms with E-state index < -0.39 is 51.7 Å². The van der Waals surface area contributed by atoms with E-state index in [1.54, 1.807) is 0 Å². The molecule has 1 heterocycles. The van der Waals surface area contributed by atoms with Gasteiger partial charge in [-0.15, -0.1) is 0 Å². The lowest BCUT2D eigenvalue weighted by Crippen LogP contribution is -2.16. The second-order valence-corrected chi connectivity index (χ2v) is 5.83. The number of halogens is 5. The highest BCUT2D eigenvalue weighted by Gasteiger charge is 2.26. The predicted octanol–water partition coefficient (Wildman–Crippen LogP) is 2.46. The largest absolute Gasteiger partial charge is 0.397 e. The third-order valence-electron chi connectivity index (χ3n) is 2.96. The van der Waals surface area contributed by atoms with Gasteiger partial charge in [-0.25, -0.2) is 26.1 Å². The van der Waals surface area contributed by atoms with Gasteiger partial charge < -0.3 is 5.32 Å². The quantitative estimate of drug-likeness (QED) is 0.373. The smallest absolute Gasteiger partial charge is 0.314 e. The van der Waals surface area contributed by atoms with Crippen LogP contribution in [-0.4, -0.2) is 25.6 Å². The minimum Gasteiger partial charge on any atom is -0.314 e. The topological polar surface area (TPSA) is 75.6 Å². The second kappa shape index (κ2) is 7.99. The van der Waals surface area contributed by atoms with Gasteiger partial charge in [0.1, 0.15) is 0 Å². The number of hydrogen-bond donors (Lipinski definition) is 2. The highest BCUT2D eigenvalue weighted by molar-refractivity contribution is 7.80. The molecule has 0 aromatic heterocycles. The molecule has 0 amide bonds. The molecule has 23 heavy (non-hydrogen) atoms. The highest BCUT2D eigenvalue weighted by atomic mass is 32.3. The normalized spacial score (nSPS) is 17.8. The van der Waals surface area contributed by atoms with Gasteiger partial charge in [-0.3, -0.25) is 4.55 Å². The fourth-order valence-electron chi connectivity index (χ4n) is 1.77. The van der Waals surface area contributed by atoms with Gasteiger partial charge >= 0.3 is 10.4 Å². The molecule has 1 saturated heterocycles. The Labute approximate surface area is 129 Å². The SMILES string of the molecule is CC1CCCN1.O=S(=O)(O)OCc1c(F)c(F)c(F)c(F)c1F. The van der Waals surface area contributed by atoms with E-state index in [1.807, 2.05) is 0 Å². The Bertz CT molecular complexity index is 633. The first-order valence-corrected chi connectivity index (χ1v) is 7.76. The molecule has 0 saturated carbocycles. The van der Waals surface area contributed by atoms with Crippen molar-refractivity contribution in [3.8, 4) is 0 Å². The van der Waals surface area contributed by atoms with Gasteiger partial charge in [0.2, 0.25) is 5.82 Å². The molecular weight excluding hydrogens is 349 g/mol. The number of hydrogen-bond acceptors (Lipinski definition) is 4. The zero-order valence-electron chi connectivity index (χ0n) is 11.9. The van der Waals surface area contributed by atoms with Crippen LogP contribution in [0.4, 0.5) is 22.0 Å². The molecule has 2 rings (SSSR count). The standard InChI is InChI=1S/C7H3F5O4S.C5H11N/c8-3-2(1-16-17(13,14)15)4(9)6(11)7(12)5(3)10;1-5-3-2-4-6-5/h1H2,(H,13,14,15);5-6H,2-4H2,1H3. The van der Waals surface area contributed by atoms with Crippen LogP contribution in [0.15, 0.2) is 0 Å². The lowest BCUT2D eigenvalue weighted by Gasteiger charge is -2.07. The third-order valence-corrected chi connectivity index (χ3v) is 3.38. The Morgan fingerprint density at radius 2 is 1.57 bits per heavy atom. The molecule has 1 atom stereocenters. The Morgan fingerprint density at radius 1 is 1.09 bits per heavy atom. The van der Waals surface area contributed by atoms with E-state index in [9.17, 15) is 30.4 Å². The van der Waals surface area contributed by atoms with Gasteiger partial charge in [0, 0.05) is 6.04 Å². The summed E-state index contributed by atoms with van der Waals surface area (Å²) in [5.74, 6) is -11.3. The molecule has 1 aliphatic rings. The number of rotatable bonds is 3. The van der Waals surface area contributed by atoms with Crippen LogP contribution in [-0.2, 0) is 21.2 Å². The molecular formula is C12H14F5NO4S. The van der Waals surface area contributed by atoms with Gasteiger partial charge in [0.15, 0.2) is 23.3 Å². The zero-order valence-corrected chi connectivity index (χ0v) is 12.7. The van der Waals surface area contributed by atoms with Crippen molar-refractivity contribution < 1.29 is 39.1 Å². The van der Waals surface area contributed by atoms with Crippen molar-refractivity contribution in [2.45, 2.75) is 32.4 Å². The van der Waals surface area contributed by atoms with Crippen LogP contribution >= 0.6 is 0 Å². The van der Waals surface area contributed by atoms with Crippen molar-refractivity contribution in [2.24, 2.45) is 0 Å². The van der Waals surface area contributed by atoms with Crippen LogP contribution in [0.5, 0.6) is 0 Å². The summed E-state index contributed by atoms with van der Waals surface area (Å²) >= 11 is 0. The van der Waals surface area contributed by atoms with Crippen molar-refractivity contribution in [3.05, 3.63) is 34.6 Å². The fraction of sp³-hybridized carbons (Fsp3) is 0.500. The summed E-state index contributed by atoms with van der Waals surface area (Å²) in [5.41, 5.74) is -1.50. The van der Waals surface area contributed by atoms with Gasteiger partial charge in [0.25, 0.3) is 0 Å². The summed E-state index contributed by atoms with van der Waals surface area (Å²) < 4.78 is 95.3. The van der Waals surface area contributed by atoms with Crippen LogP contribution < -0.4 is 5.32 Å². The maximum atomic E-state index is 12.9. The monoisotopic (exact) mass is 363 g/mol. The second-order valence-electron chi connectivity index (χ2n) is 4.74. The molecule has 0 spiro atoms. The van der Waals surface area contributed by atoms with Crippen molar-refractivity contribution in [2.75, 3.05) is 6.54 Å². The zero-order chi connectivity index (χ0) is 17.8. The maximum absolute atomic E-state index is 12.9. The van der Waals surface area contributed by atoms with E-state index in [0.717, 1.165) is 6.04 Å².